The Kier molecular flexibility index (Phi) is 3.70. The van der Waals surface area contributed by atoms with E-state index >= 15 is 0 Å². The van der Waals surface area contributed by atoms with Crippen LogP contribution in [0.2, 0.25) is 0 Å². The summed E-state index contributed by atoms with van der Waals surface area (Å²) in [4.78, 5) is 25.2. The first-order chi connectivity index (χ1) is 10.1. The van der Waals surface area contributed by atoms with Crippen molar-refractivity contribution in [3.63, 3.8) is 0 Å². The second-order valence-corrected chi connectivity index (χ2v) is 5.48. The predicted octanol–water partition coefficient (Wildman–Crippen LogP) is 1.04. The first-order valence-corrected chi connectivity index (χ1v) is 7.09. The highest BCUT2D eigenvalue weighted by Crippen LogP contribution is 2.14. The van der Waals surface area contributed by atoms with Crippen LogP contribution >= 0.6 is 0 Å². The molecular weight excluding hydrogens is 266 g/mol. The Labute approximate surface area is 124 Å². The number of hydrogen-bond acceptors (Lipinski definition) is 4. The van der Waals surface area contributed by atoms with Crippen LogP contribution in [-0.4, -0.2) is 63.0 Å². The average molecular weight is 285 g/mol. The van der Waals surface area contributed by atoms with Gasteiger partial charge in [-0.3, -0.25) is 9.36 Å². The molecule has 0 N–H and O–H groups in total. The number of amides is 1. The van der Waals surface area contributed by atoms with E-state index in [1.807, 2.05) is 17.2 Å². The van der Waals surface area contributed by atoms with E-state index in [1.165, 1.54) is 0 Å². The fourth-order valence-electron chi connectivity index (χ4n) is 2.69. The van der Waals surface area contributed by atoms with Crippen LogP contribution in [0.5, 0.6) is 0 Å². The van der Waals surface area contributed by atoms with E-state index in [2.05, 4.69) is 28.8 Å². The summed E-state index contributed by atoms with van der Waals surface area (Å²) in [6, 6.07) is 3.81. The largest absolute Gasteiger partial charge is 0.333 e. The van der Waals surface area contributed by atoms with Gasteiger partial charge < -0.3 is 9.80 Å². The van der Waals surface area contributed by atoms with Crippen LogP contribution in [0.25, 0.3) is 5.82 Å². The standard InChI is InChI=1S/C15H19N5O/c1-12-10-18(2)7-8-20(12)15(21)13-3-4-17-14(9-13)19-6-5-16-11-19/h3-6,9,11-12H,7-8,10H2,1-2H3. The molecule has 21 heavy (non-hydrogen) atoms. The summed E-state index contributed by atoms with van der Waals surface area (Å²) in [7, 11) is 2.09. The summed E-state index contributed by atoms with van der Waals surface area (Å²) in [5.74, 6) is 0.777. The van der Waals surface area contributed by atoms with Gasteiger partial charge in [0.15, 0.2) is 0 Å². The molecule has 1 aliphatic heterocycles. The number of likely N-dealkylation sites (N-methyl/N-ethyl adjacent to an activating group) is 1. The number of nitrogens with zero attached hydrogens (tertiary/aromatic N) is 5. The smallest absolute Gasteiger partial charge is 0.254 e. The van der Waals surface area contributed by atoms with Crippen LogP contribution in [0, 0.1) is 0 Å². The Morgan fingerprint density at radius 1 is 1.33 bits per heavy atom. The lowest BCUT2D eigenvalue weighted by Gasteiger charge is -2.38. The van der Waals surface area contributed by atoms with Gasteiger partial charge in [0, 0.05) is 49.8 Å². The molecule has 1 saturated heterocycles. The van der Waals surface area contributed by atoms with Crippen LogP contribution in [0.4, 0.5) is 0 Å². The Hall–Kier alpha value is -2.21. The van der Waals surface area contributed by atoms with Crippen LogP contribution in [0.3, 0.4) is 0 Å². The molecule has 0 saturated carbocycles. The van der Waals surface area contributed by atoms with Crippen molar-refractivity contribution < 1.29 is 4.79 Å². The van der Waals surface area contributed by atoms with E-state index in [0.717, 1.165) is 19.6 Å². The van der Waals surface area contributed by atoms with Gasteiger partial charge >= 0.3 is 0 Å². The molecular formula is C15H19N5O. The summed E-state index contributed by atoms with van der Waals surface area (Å²) >= 11 is 0. The van der Waals surface area contributed by atoms with Crippen molar-refractivity contribution in [1.82, 2.24) is 24.3 Å². The average Bonchev–Trinajstić information content (AvgIpc) is 3.01. The summed E-state index contributed by atoms with van der Waals surface area (Å²) < 4.78 is 1.80. The number of carbonyl (C=O) groups excluding carboxylic acids is 1. The lowest BCUT2D eigenvalue weighted by molar-refractivity contribution is 0.0533. The molecule has 0 aromatic carbocycles. The van der Waals surface area contributed by atoms with Crippen molar-refractivity contribution in [1.29, 1.82) is 0 Å². The predicted molar refractivity (Wildman–Crippen MR) is 79.4 cm³/mol. The molecule has 0 bridgehead atoms. The number of rotatable bonds is 2. The first kappa shape index (κ1) is 13.8. The Bertz CT molecular complexity index is 625. The molecule has 6 nitrogen and oxygen atoms in total. The lowest BCUT2D eigenvalue weighted by Crippen LogP contribution is -2.52. The fraction of sp³-hybridized carbons (Fsp3) is 0.400. The molecule has 110 valence electrons. The van der Waals surface area contributed by atoms with Crippen molar-refractivity contribution in [3.05, 3.63) is 42.6 Å². The van der Waals surface area contributed by atoms with Gasteiger partial charge in [0.25, 0.3) is 5.91 Å². The van der Waals surface area contributed by atoms with Gasteiger partial charge in [-0.1, -0.05) is 0 Å². The second kappa shape index (κ2) is 5.65. The van der Waals surface area contributed by atoms with E-state index in [1.54, 1.807) is 29.4 Å². The van der Waals surface area contributed by atoms with E-state index < -0.39 is 0 Å². The summed E-state index contributed by atoms with van der Waals surface area (Å²) in [5, 5.41) is 0. The van der Waals surface area contributed by atoms with E-state index in [9.17, 15) is 4.79 Å². The second-order valence-electron chi connectivity index (χ2n) is 5.48. The first-order valence-electron chi connectivity index (χ1n) is 7.09. The lowest BCUT2D eigenvalue weighted by atomic mass is 10.1. The van der Waals surface area contributed by atoms with Crippen LogP contribution in [-0.2, 0) is 0 Å². The SMILES string of the molecule is CC1CN(C)CCN1C(=O)c1ccnc(-n2ccnc2)c1. The number of aromatic nitrogens is 3. The van der Waals surface area contributed by atoms with E-state index in [0.29, 0.717) is 11.4 Å². The molecule has 1 amide bonds. The number of imidazole rings is 1. The summed E-state index contributed by atoms with van der Waals surface area (Å²) in [6.45, 7) is 4.67. The van der Waals surface area contributed by atoms with Crippen LogP contribution < -0.4 is 0 Å². The Balaban J connectivity index is 1.83. The number of pyridine rings is 1. The topological polar surface area (TPSA) is 54.3 Å². The minimum absolute atomic E-state index is 0.0689. The maximum Gasteiger partial charge on any atom is 0.254 e. The minimum Gasteiger partial charge on any atom is -0.333 e. The maximum absolute atomic E-state index is 12.7. The highest BCUT2D eigenvalue weighted by molar-refractivity contribution is 5.94. The molecule has 3 rings (SSSR count). The van der Waals surface area contributed by atoms with E-state index in [4.69, 9.17) is 0 Å². The van der Waals surface area contributed by atoms with Crippen LogP contribution in [0.15, 0.2) is 37.1 Å². The molecule has 3 heterocycles. The highest BCUT2D eigenvalue weighted by atomic mass is 16.2. The van der Waals surface area contributed by atoms with E-state index in [-0.39, 0.29) is 11.9 Å². The fourth-order valence-corrected chi connectivity index (χ4v) is 2.69. The molecule has 0 radical (unpaired) electrons. The molecule has 1 fully saturated rings. The molecule has 2 aromatic rings. The number of piperazine rings is 1. The molecule has 0 aliphatic carbocycles. The van der Waals surface area contributed by atoms with Gasteiger partial charge in [-0.25, -0.2) is 9.97 Å². The van der Waals surface area contributed by atoms with Crippen molar-refractivity contribution in [2.75, 3.05) is 26.7 Å². The maximum atomic E-state index is 12.7. The Morgan fingerprint density at radius 3 is 2.90 bits per heavy atom. The number of carbonyl (C=O) groups is 1. The number of hydrogen-bond donors (Lipinski definition) is 0. The molecule has 1 unspecified atom stereocenters. The molecule has 0 spiro atoms. The van der Waals surface area contributed by atoms with Gasteiger partial charge in [-0.05, 0) is 26.1 Å². The third-order valence-corrected chi connectivity index (χ3v) is 3.85. The zero-order valence-corrected chi connectivity index (χ0v) is 12.3. The summed E-state index contributed by atoms with van der Waals surface area (Å²) in [5.41, 5.74) is 0.671. The van der Waals surface area contributed by atoms with Gasteiger partial charge in [-0.15, -0.1) is 0 Å². The van der Waals surface area contributed by atoms with Crippen LogP contribution in [0.1, 0.15) is 17.3 Å². The third-order valence-electron chi connectivity index (χ3n) is 3.85. The molecule has 1 aliphatic rings. The zero-order chi connectivity index (χ0) is 14.8. The van der Waals surface area contributed by atoms with Gasteiger partial charge in [-0.2, -0.15) is 0 Å². The molecule has 1 atom stereocenters. The minimum atomic E-state index is 0.0689. The Morgan fingerprint density at radius 2 is 2.19 bits per heavy atom. The highest BCUT2D eigenvalue weighted by Gasteiger charge is 2.26. The van der Waals surface area contributed by atoms with Gasteiger partial charge in [0.05, 0.1) is 0 Å². The van der Waals surface area contributed by atoms with Gasteiger partial charge in [0.1, 0.15) is 12.1 Å². The van der Waals surface area contributed by atoms with Crippen molar-refractivity contribution in [3.8, 4) is 5.82 Å². The van der Waals surface area contributed by atoms with Crippen molar-refractivity contribution in [2.24, 2.45) is 0 Å². The zero-order valence-electron chi connectivity index (χ0n) is 12.3. The van der Waals surface area contributed by atoms with Crippen molar-refractivity contribution in [2.45, 2.75) is 13.0 Å². The monoisotopic (exact) mass is 285 g/mol. The van der Waals surface area contributed by atoms with Crippen molar-refractivity contribution >= 4 is 5.91 Å². The normalized spacial score (nSPS) is 19.7. The third kappa shape index (κ3) is 2.80. The summed E-state index contributed by atoms with van der Waals surface area (Å²) in [6.07, 6.45) is 6.85. The van der Waals surface area contributed by atoms with Gasteiger partial charge in [0.2, 0.25) is 0 Å². The quantitative estimate of drug-likeness (QED) is 0.827. The molecule has 2 aromatic heterocycles. The molecule has 6 heteroatoms.